The van der Waals surface area contributed by atoms with E-state index in [2.05, 4.69) is 106 Å². The predicted molar refractivity (Wildman–Crippen MR) is 206 cm³/mol. The Balaban J connectivity index is 0.000000161. The van der Waals surface area contributed by atoms with Crippen LogP contribution >= 0.6 is 51.9 Å². The van der Waals surface area contributed by atoms with Gasteiger partial charge < -0.3 is 18.0 Å². The van der Waals surface area contributed by atoms with Crippen LogP contribution in [0.2, 0.25) is 0 Å². The molecule has 0 bridgehead atoms. The standard InChI is InChI=1S/C18H13BrClN3O.C18H14ClN3O.BHNS/c19-17-15(9-20)22-18(24-17)13-7-5-12(6-8-13)10-23-11-21-14-3-1-2-4-16(14)23;19-9-15-11-23-18(21-15)14-7-5-13(6-8-14)10-22-12-20-16-3-1-2-4-17(16)22;1-2-3/h1-8,11H,9-10H2;1-8,11-12H,9-10H2;3H. The number of fused-ring (bicyclic) bond motifs is 2. The van der Waals surface area contributed by atoms with Crippen LogP contribution < -0.4 is 0 Å². The average molecular weight is 784 g/mol. The first-order valence-electron chi connectivity index (χ1n) is 15.2. The van der Waals surface area contributed by atoms with Crippen molar-refractivity contribution in [3.8, 4) is 22.9 Å². The Labute approximate surface area is 313 Å². The van der Waals surface area contributed by atoms with E-state index < -0.39 is 0 Å². The molecular weight excluding hydrogens is 756 g/mol. The van der Waals surface area contributed by atoms with E-state index >= 15 is 0 Å². The minimum absolute atomic E-state index is 0.315. The third-order valence-corrected chi connectivity index (χ3v) is 8.77. The molecule has 0 spiro atoms. The molecule has 0 aliphatic heterocycles. The van der Waals surface area contributed by atoms with Crippen molar-refractivity contribution in [2.24, 2.45) is 4.30 Å². The number of aromatic nitrogens is 6. The van der Waals surface area contributed by atoms with Gasteiger partial charge in [0.15, 0.2) is 4.67 Å². The fourth-order valence-corrected chi connectivity index (χ4v) is 6.06. The molecule has 0 saturated heterocycles. The molecule has 0 fully saturated rings. The molecule has 9 nitrogen and oxygen atoms in total. The Morgan fingerprint density at radius 3 is 1.66 bits per heavy atom. The van der Waals surface area contributed by atoms with Crippen LogP contribution in [-0.2, 0) is 24.8 Å². The summed E-state index contributed by atoms with van der Waals surface area (Å²) >= 11 is 18.1. The van der Waals surface area contributed by atoms with Crippen LogP contribution in [0.1, 0.15) is 22.5 Å². The van der Waals surface area contributed by atoms with Crippen LogP contribution in [0.5, 0.6) is 0 Å². The first kappa shape index (κ1) is 35.3. The summed E-state index contributed by atoms with van der Waals surface area (Å²) in [7, 11) is 4.34. The molecule has 0 atom stereocenters. The summed E-state index contributed by atoms with van der Waals surface area (Å²) in [6.45, 7) is 1.54. The van der Waals surface area contributed by atoms with Gasteiger partial charge in [0.1, 0.15) is 12.0 Å². The predicted octanol–water partition coefficient (Wildman–Crippen LogP) is 9.90. The van der Waals surface area contributed by atoms with E-state index in [1.807, 2.05) is 73.3 Å². The summed E-state index contributed by atoms with van der Waals surface area (Å²) in [6.07, 6.45) is 5.34. The van der Waals surface area contributed by atoms with Crippen molar-refractivity contribution in [3.05, 3.63) is 143 Å². The van der Waals surface area contributed by atoms with Crippen LogP contribution in [0.25, 0.3) is 45.0 Å². The van der Waals surface area contributed by atoms with E-state index in [1.165, 1.54) is 11.1 Å². The molecule has 0 amide bonds. The molecule has 4 heterocycles. The number of imidazole rings is 2. The molecule has 249 valence electrons. The molecule has 1 radical (unpaired) electrons. The molecule has 0 unspecified atom stereocenters. The zero-order valence-electron chi connectivity index (χ0n) is 26.4. The van der Waals surface area contributed by atoms with Gasteiger partial charge in [0.2, 0.25) is 11.8 Å². The topological polar surface area (TPSA) is 100 Å². The number of halogens is 3. The molecule has 0 N–H and O–H groups in total. The van der Waals surface area contributed by atoms with Crippen LogP contribution in [0.3, 0.4) is 0 Å². The molecule has 14 heteroatoms. The van der Waals surface area contributed by atoms with Crippen LogP contribution in [0, 0.1) is 0 Å². The molecule has 4 aromatic carbocycles. The molecule has 8 rings (SSSR count). The van der Waals surface area contributed by atoms with Crippen LogP contribution in [-0.4, -0.2) is 36.7 Å². The second kappa shape index (κ2) is 17.0. The maximum absolute atomic E-state index is 5.82. The van der Waals surface area contributed by atoms with Crippen molar-refractivity contribution in [1.82, 2.24) is 29.1 Å². The van der Waals surface area contributed by atoms with E-state index in [4.69, 9.17) is 32.0 Å². The van der Waals surface area contributed by atoms with Gasteiger partial charge in [-0.05, 0) is 75.6 Å². The van der Waals surface area contributed by atoms with Gasteiger partial charge in [0.05, 0.1) is 52.2 Å². The Hall–Kier alpha value is -4.49. The molecule has 4 aromatic heterocycles. The number of para-hydroxylation sites is 4. The third-order valence-electron chi connectivity index (χ3n) is 7.63. The van der Waals surface area contributed by atoms with Gasteiger partial charge in [0, 0.05) is 24.2 Å². The van der Waals surface area contributed by atoms with Crippen LogP contribution in [0.4, 0.5) is 0 Å². The maximum atomic E-state index is 5.82. The normalized spacial score (nSPS) is 10.8. The molecule has 0 saturated carbocycles. The SMILES string of the molecule is ClCc1coc(-c2ccc(Cn3cnc4ccccc43)cc2)n1.ClCc1nc(-c2ccc(Cn3cnc4ccccc43)cc2)oc1Br.[B]=NS. The summed E-state index contributed by atoms with van der Waals surface area (Å²) in [5.41, 5.74) is 9.99. The second-order valence-electron chi connectivity index (χ2n) is 10.9. The van der Waals surface area contributed by atoms with Gasteiger partial charge in [-0.2, -0.15) is 0 Å². The number of benzene rings is 4. The van der Waals surface area contributed by atoms with E-state index in [0.29, 0.717) is 33.9 Å². The Morgan fingerprint density at radius 1 is 0.700 bits per heavy atom. The number of thiol groups is 1. The fraction of sp³-hybridized carbons (Fsp3) is 0.111. The summed E-state index contributed by atoms with van der Waals surface area (Å²) in [5, 5.41) is 0. The third kappa shape index (κ3) is 8.44. The monoisotopic (exact) mass is 782 g/mol. The number of rotatable bonds is 8. The van der Waals surface area contributed by atoms with Gasteiger partial charge in [0.25, 0.3) is 0 Å². The van der Waals surface area contributed by atoms with E-state index in [-0.39, 0.29) is 0 Å². The fourth-order valence-electron chi connectivity index (χ4n) is 5.21. The summed E-state index contributed by atoms with van der Waals surface area (Å²) in [4.78, 5) is 17.6. The molecule has 0 aliphatic rings. The molecule has 0 aliphatic carbocycles. The first-order chi connectivity index (χ1) is 24.5. The quantitative estimate of drug-likeness (QED) is 0.0936. The van der Waals surface area contributed by atoms with Crippen molar-refractivity contribution in [2.75, 3.05) is 0 Å². The average Bonchev–Trinajstić information content (AvgIpc) is 3.97. The second-order valence-corrected chi connectivity index (χ2v) is 12.4. The summed E-state index contributed by atoms with van der Waals surface area (Å²) in [6, 6.07) is 32.6. The molecule has 50 heavy (non-hydrogen) atoms. The summed E-state index contributed by atoms with van der Waals surface area (Å²) in [5.74, 6) is 1.84. The molecular formula is C36H28BBrCl2N7O2S. The van der Waals surface area contributed by atoms with Crippen molar-refractivity contribution in [2.45, 2.75) is 24.8 Å². The van der Waals surface area contributed by atoms with Crippen molar-refractivity contribution < 1.29 is 8.83 Å². The number of hydrogen-bond donors (Lipinski definition) is 1. The van der Waals surface area contributed by atoms with Crippen LogP contribution in [0.15, 0.2) is 134 Å². The number of nitrogens with zero attached hydrogens (tertiary/aromatic N) is 7. The Bertz CT molecular complexity index is 2320. The number of alkyl halides is 2. The number of hydrogen-bond acceptors (Lipinski definition) is 8. The van der Waals surface area contributed by atoms with Gasteiger partial charge in [-0.15, -0.1) is 23.2 Å². The zero-order chi connectivity index (χ0) is 34.9. The van der Waals surface area contributed by atoms with Gasteiger partial charge in [-0.25, -0.2) is 19.9 Å². The van der Waals surface area contributed by atoms with Gasteiger partial charge in [-0.3, -0.25) is 0 Å². The molecule has 8 aromatic rings. The minimum atomic E-state index is 0.315. The summed E-state index contributed by atoms with van der Waals surface area (Å²) < 4.78 is 18.6. The zero-order valence-corrected chi connectivity index (χ0v) is 30.4. The van der Waals surface area contributed by atoms with Gasteiger partial charge >= 0.3 is 24.8 Å². The first-order valence-corrected chi connectivity index (χ1v) is 17.5. The van der Waals surface area contributed by atoms with Crippen molar-refractivity contribution in [3.63, 3.8) is 0 Å². The van der Waals surface area contributed by atoms with Gasteiger partial charge in [-0.1, -0.05) is 48.5 Å². The Morgan fingerprint density at radius 2 is 1.20 bits per heavy atom. The number of oxazole rings is 2. The van der Waals surface area contributed by atoms with Crippen molar-refractivity contribution >= 4 is 81.7 Å². The van der Waals surface area contributed by atoms with E-state index in [9.17, 15) is 0 Å². The van der Waals surface area contributed by atoms with E-state index in [1.54, 1.807) is 6.26 Å². The van der Waals surface area contributed by atoms with E-state index in [0.717, 1.165) is 52.0 Å². The van der Waals surface area contributed by atoms with Crippen molar-refractivity contribution in [1.29, 1.82) is 0 Å². The Kier molecular flexibility index (Phi) is 12.0.